The Kier molecular flexibility index (Phi) is 5.33. The molecule has 1 aliphatic carbocycles. The van der Waals surface area contributed by atoms with E-state index in [-0.39, 0.29) is 6.61 Å². The molecule has 0 saturated heterocycles. The second-order valence-corrected chi connectivity index (χ2v) is 5.15. The Morgan fingerprint density at radius 3 is 1.95 bits per heavy atom. The van der Waals surface area contributed by atoms with Gasteiger partial charge in [0.05, 0.1) is 6.04 Å². The van der Waals surface area contributed by atoms with E-state index in [2.05, 4.69) is 5.32 Å². The topological polar surface area (TPSA) is 139 Å². The normalized spacial score (nSPS) is 35.0. The number of aliphatic hydroxyl groups is 5. The smallest absolute Gasteiger partial charge is 0.258 e. The number of carbonyl (C=O) groups is 1. The molecule has 8 heteroatoms. The molecule has 2 rings (SSSR count). The van der Waals surface area contributed by atoms with Gasteiger partial charge in [0, 0.05) is 0 Å². The molecule has 1 aliphatic rings. The summed E-state index contributed by atoms with van der Waals surface area (Å²) in [4.78, 5) is 11.8. The van der Waals surface area contributed by atoms with Crippen molar-refractivity contribution >= 4 is 5.91 Å². The quantitative estimate of drug-likeness (QED) is 0.357. The van der Waals surface area contributed by atoms with Gasteiger partial charge in [0.15, 0.2) is 6.61 Å². The monoisotopic (exact) mass is 313 g/mol. The molecule has 0 spiro atoms. The van der Waals surface area contributed by atoms with Gasteiger partial charge >= 0.3 is 0 Å². The summed E-state index contributed by atoms with van der Waals surface area (Å²) >= 11 is 0. The van der Waals surface area contributed by atoms with Crippen molar-refractivity contribution in [3.05, 3.63) is 30.3 Å². The van der Waals surface area contributed by atoms with Crippen molar-refractivity contribution in [3.8, 4) is 5.75 Å². The van der Waals surface area contributed by atoms with Crippen molar-refractivity contribution in [2.24, 2.45) is 0 Å². The Bertz CT molecular complexity index is 481. The molecule has 22 heavy (non-hydrogen) atoms. The van der Waals surface area contributed by atoms with Gasteiger partial charge in [-0.1, -0.05) is 18.2 Å². The highest BCUT2D eigenvalue weighted by Gasteiger charge is 2.48. The summed E-state index contributed by atoms with van der Waals surface area (Å²) in [6, 6.07) is 7.24. The first-order valence-electron chi connectivity index (χ1n) is 6.79. The summed E-state index contributed by atoms with van der Waals surface area (Å²) in [6.07, 6.45) is -8.29. The SMILES string of the molecule is O=C(COc1ccccc1)NC1[C@@H](O)[C@H](O)C(O)[C@H](O)[C@H]1O. The van der Waals surface area contributed by atoms with Gasteiger partial charge in [0.25, 0.3) is 5.91 Å². The molecule has 0 aromatic heterocycles. The molecule has 8 nitrogen and oxygen atoms in total. The third-order valence-corrected chi connectivity index (χ3v) is 3.58. The van der Waals surface area contributed by atoms with Gasteiger partial charge in [-0.15, -0.1) is 0 Å². The summed E-state index contributed by atoms with van der Waals surface area (Å²) in [6.45, 7) is -0.366. The maximum atomic E-state index is 11.8. The highest BCUT2D eigenvalue weighted by molar-refractivity contribution is 5.78. The van der Waals surface area contributed by atoms with E-state index >= 15 is 0 Å². The zero-order valence-corrected chi connectivity index (χ0v) is 11.6. The Morgan fingerprint density at radius 1 is 0.909 bits per heavy atom. The lowest BCUT2D eigenvalue weighted by atomic mass is 9.83. The van der Waals surface area contributed by atoms with Crippen LogP contribution in [0.5, 0.6) is 5.75 Å². The molecule has 1 amide bonds. The number of carbonyl (C=O) groups excluding carboxylic acids is 1. The van der Waals surface area contributed by atoms with Crippen LogP contribution in [0.1, 0.15) is 0 Å². The summed E-state index contributed by atoms with van der Waals surface area (Å²) in [5, 5.41) is 50.4. The Hall–Kier alpha value is -1.71. The van der Waals surface area contributed by atoms with Crippen molar-refractivity contribution in [3.63, 3.8) is 0 Å². The van der Waals surface area contributed by atoms with Gasteiger partial charge in [0.2, 0.25) is 0 Å². The number of aliphatic hydroxyl groups excluding tert-OH is 5. The van der Waals surface area contributed by atoms with Crippen LogP contribution in [-0.2, 0) is 4.79 Å². The molecule has 0 radical (unpaired) electrons. The fraction of sp³-hybridized carbons (Fsp3) is 0.500. The summed E-state index contributed by atoms with van der Waals surface area (Å²) < 4.78 is 5.20. The van der Waals surface area contributed by atoms with Gasteiger partial charge < -0.3 is 35.6 Å². The second-order valence-electron chi connectivity index (χ2n) is 5.15. The third-order valence-electron chi connectivity index (χ3n) is 3.58. The lowest BCUT2D eigenvalue weighted by Crippen LogP contribution is -2.68. The van der Waals surface area contributed by atoms with Crippen LogP contribution in [-0.4, -0.2) is 74.6 Å². The van der Waals surface area contributed by atoms with E-state index in [4.69, 9.17) is 4.74 Å². The lowest BCUT2D eigenvalue weighted by Gasteiger charge is -2.42. The van der Waals surface area contributed by atoms with Crippen LogP contribution in [0.3, 0.4) is 0 Å². The van der Waals surface area contributed by atoms with Crippen LogP contribution in [0.25, 0.3) is 0 Å². The van der Waals surface area contributed by atoms with E-state index in [1.807, 2.05) is 0 Å². The van der Waals surface area contributed by atoms with Gasteiger partial charge in [-0.2, -0.15) is 0 Å². The lowest BCUT2D eigenvalue weighted by molar-refractivity contribution is -0.191. The number of benzene rings is 1. The minimum atomic E-state index is -1.70. The van der Waals surface area contributed by atoms with E-state index in [1.165, 1.54) is 0 Å². The first-order chi connectivity index (χ1) is 10.4. The fourth-order valence-corrected chi connectivity index (χ4v) is 2.30. The van der Waals surface area contributed by atoms with E-state index in [1.54, 1.807) is 30.3 Å². The molecule has 6 N–H and O–H groups in total. The predicted molar refractivity (Wildman–Crippen MR) is 73.9 cm³/mol. The molecule has 0 heterocycles. The maximum Gasteiger partial charge on any atom is 0.258 e. The number of amides is 1. The zero-order valence-electron chi connectivity index (χ0n) is 11.6. The molecular weight excluding hydrogens is 294 g/mol. The van der Waals surface area contributed by atoms with Crippen LogP contribution >= 0.6 is 0 Å². The van der Waals surface area contributed by atoms with Crippen LogP contribution in [0.4, 0.5) is 0 Å². The number of rotatable bonds is 4. The van der Waals surface area contributed by atoms with Gasteiger partial charge in [-0.3, -0.25) is 4.79 Å². The van der Waals surface area contributed by atoms with E-state index in [0.717, 1.165) is 0 Å². The molecule has 2 unspecified atom stereocenters. The molecule has 1 fully saturated rings. The van der Waals surface area contributed by atoms with Crippen molar-refractivity contribution < 1.29 is 35.1 Å². The van der Waals surface area contributed by atoms with Crippen LogP contribution in [0.15, 0.2) is 30.3 Å². The van der Waals surface area contributed by atoms with Crippen molar-refractivity contribution in [1.82, 2.24) is 5.32 Å². The summed E-state index contributed by atoms with van der Waals surface area (Å²) in [7, 11) is 0. The highest BCUT2D eigenvalue weighted by Crippen LogP contribution is 2.21. The Labute approximate surface area is 126 Å². The van der Waals surface area contributed by atoms with Gasteiger partial charge in [-0.25, -0.2) is 0 Å². The minimum Gasteiger partial charge on any atom is -0.484 e. The summed E-state index contributed by atoms with van der Waals surface area (Å²) in [5.41, 5.74) is 0. The first-order valence-corrected chi connectivity index (χ1v) is 6.79. The largest absolute Gasteiger partial charge is 0.484 e. The number of ether oxygens (including phenoxy) is 1. The third kappa shape index (κ3) is 3.54. The number of nitrogens with one attached hydrogen (secondary N) is 1. The van der Waals surface area contributed by atoms with Gasteiger partial charge in [0.1, 0.15) is 36.3 Å². The number of hydrogen-bond acceptors (Lipinski definition) is 7. The van der Waals surface area contributed by atoms with E-state index in [0.29, 0.717) is 5.75 Å². The highest BCUT2D eigenvalue weighted by atomic mass is 16.5. The number of hydrogen-bond donors (Lipinski definition) is 6. The van der Waals surface area contributed by atoms with E-state index < -0.39 is 42.5 Å². The zero-order chi connectivity index (χ0) is 16.3. The molecule has 6 atom stereocenters. The van der Waals surface area contributed by atoms with Crippen LogP contribution in [0, 0.1) is 0 Å². The average Bonchev–Trinajstić information content (AvgIpc) is 2.54. The average molecular weight is 313 g/mol. The molecular formula is C14H19NO7. The first kappa shape index (κ1) is 16.7. The molecule has 1 aromatic carbocycles. The van der Waals surface area contributed by atoms with Crippen molar-refractivity contribution in [2.75, 3.05) is 6.61 Å². The van der Waals surface area contributed by atoms with E-state index in [9.17, 15) is 30.3 Å². The van der Waals surface area contributed by atoms with Crippen molar-refractivity contribution in [2.45, 2.75) is 36.6 Å². The molecule has 1 aromatic rings. The van der Waals surface area contributed by atoms with Crippen molar-refractivity contribution in [1.29, 1.82) is 0 Å². The standard InChI is InChI=1S/C14H19NO7/c16-8(6-22-7-4-2-1-3-5-7)15-9-10(17)12(19)14(21)13(20)11(9)18/h1-5,9-14,17-21H,6H2,(H,15,16)/t9?,10-,11+,12+,13-,14?. The predicted octanol–water partition coefficient (Wildman–Crippen LogP) is -2.63. The van der Waals surface area contributed by atoms with Crippen LogP contribution < -0.4 is 10.1 Å². The fourth-order valence-electron chi connectivity index (χ4n) is 2.30. The second kappa shape index (κ2) is 7.03. The van der Waals surface area contributed by atoms with Crippen LogP contribution in [0.2, 0.25) is 0 Å². The van der Waals surface area contributed by atoms with Gasteiger partial charge in [-0.05, 0) is 12.1 Å². The minimum absolute atomic E-state index is 0.366. The number of para-hydroxylation sites is 1. The Balaban J connectivity index is 1.92. The molecule has 0 bridgehead atoms. The summed E-state index contributed by atoms with van der Waals surface area (Å²) in [5.74, 6) is -0.180. The molecule has 1 saturated carbocycles. The maximum absolute atomic E-state index is 11.8. The molecule has 122 valence electrons. The molecule has 0 aliphatic heterocycles. The Morgan fingerprint density at radius 2 is 1.41 bits per heavy atom.